The highest BCUT2D eigenvalue weighted by Crippen LogP contribution is 2.41. The molecule has 0 aromatic heterocycles. The Morgan fingerprint density at radius 3 is 1.06 bits per heavy atom. The third kappa shape index (κ3) is 5.90. The van der Waals surface area contributed by atoms with Gasteiger partial charge in [0.1, 0.15) is 0 Å². The minimum atomic E-state index is -0.163. The Morgan fingerprint density at radius 2 is 0.750 bits per heavy atom. The number of nitrogens with two attached hydrogens (primary N) is 2. The number of rotatable bonds is 5. The van der Waals surface area contributed by atoms with Gasteiger partial charge in [-0.05, 0) is 22.3 Å². The van der Waals surface area contributed by atoms with Crippen LogP contribution in [0.5, 0.6) is 0 Å². The molecule has 8 N–H and O–H groups in total. The number of hydrogen-bond acceptors (Lipinski definition) is 4. The molecule has 4 nitrogen and oxygen atoms in total. The van der Waals surface area contributed by atoms with Gasteiger partial charge < -0.3 is 17.6 Å². The van der Waals surface area contributed by atoms with E-state index in [1.54, 1.807) is 0 Å². The molecule has 0 bridgehead atoms. The molecule has 164 valence electrons. The Kier molecular flexibility index (Phi) is 8.31. The van der Waals surface area contributed by atoms with Gasteiger partial charge in [0.25, 0.3) is 0 Å². The summed E-state index contributed by atoms with van der Waals surface area (Å²) >= 11 is 0. The number of benzene rings is 4. The number of nitrogens with one attached hydrogen (secondary N) is 1. The summed E-state index contributed by atoms with van der Waals surface area (Å²) < 4.78 is 0. The lowest BCUT2D eigenvalue weighted by Gasteiger charge is -2.20. The predicted octanol–water partition coefficient (Wildman–Crippen LogP) is 5.62. The normalized spacial score (nSPS) is 18.3. The van der Waals surface area contributed by atoms with E-state index in [2.05, 4.69) is 66.0 Å². The van der Waals surface area contributed by atoms with Crippen molar-refractivity contribution in [3.05, 3.63) is 144 Å². The Balaban J connectivity index is 0.000000175. The van der Waals surface area contributed by atoms with E-state index < -0.39 is 0 Å². The topological polar surface area (TPSA) is 109 Å². The molecule has 1 aliphatic heterocycles. The molecule has 0 amide bonds. The van der Waals surface area contributed by atoms with Crippen molar-refractivity contribution in [1.29, 1.82) is 0 Å². The summed E-state index contributed by atoms with van der Waals surface area (Å²) in [6.07, 6.45) is 0. The van der Waals surface area contributed by atoms with Gasteiger partial charge in [-0.2, -0.15) is 0 Å². The molecule has 4 heteroatoms. The van der Waals surface area contributed by atoms with E-state index in [-0.39, 0.29) is 18.2 Å². The van der Waals surface area contributed by atoms with Crippen LogP contribution in [0.25, 0.3) is 0 Å². The van der Waals surface area contributed by atoms with Crippen molar-refractivity contribution < 1.29 is 0 Å². The molecule has 32 heavy (non-hydrogen) atoms. The second kappa shape index (κ2) is 11.4. The molecule has 1 fully saturated rings. The Hall–Kier alpha value is -3.28. The molecule has 2 unspecified atom stereocenters. The van der Waals surface area contributed by atoms with Gasteiger partial charge >= 0.3 is 0 Å². The van der Waals surface area contributed by atoms with E-state index in [1.807, 2.05) is 60.7 Å². The van der Waals surface area contributed by atoms with Gasteiger partial charge in [-0.25, -0.2) is 0 Å². The lowest BCUT2D eigenvalue weighted by atomic mass is 9.95. The first-order valence-corrected chi connectivity index (χ1v) is 10.7. The van der Waals surface area contributed by atoms with Crippen LogP contribution in [-0.2, 0) is 0 Å². The highest BCUT2D eigenvalue weighted by Gasteiger charge is 2.38. The quantitative estimate of drug-likeness (QED) is 0.312. The highest BCUT2D eigenvalue weighted by molar-refractivity contribution is 5.34. The van der Waals surface area contributed by atoms with Crippen LogP contribution in [0.2, 0.25) is 0 Å². The Labute approximate surface area is 190 Å². The summed E-state index contributed by atoms with van der Waals surface area (Å²) in [5.74, 6) is 0. The summed E-state index contributed by atoms with van der Waals surface area (Å²) in [5, 5.41) is 3.50. The first-order valence-electron chi connectivity index (χ1n) is 10.7. The van der Waals surface area contributed by atoms with Crippen molar-refractivity contribution in [1.82, 2.24) is 11.5 Å². The average Bonchev–Trinajstić information content (AvgIpc) is 3.67. The SMILES string of the molecule is N.N[C@H](c1ccccc1)[C@H](N)c1ccccc1.c1ccc(C2NC2c2ccccc2)cc1. The first kappa shape index (κ1) is 23.4. The van der Waals surface area contributed by atoms with Gasteiger partial charge in [0.15, 0.2) is 0 Å². The molecule has 0 aliphatic carbocycles. The lowest BCUT2D eigenvalue weighted by molar-refractivity contribution is 0.574. The van der Waals surface area contributed by atoms with E-state index in [9.17, 15) is 0 Å². The highest BCUT2D eigenvalue weighted by atomic mass is 15.1. The van der Waals surface area contributed by atoms with E-state index in [0.717, 1.165) is 11.1 Å². The first-order chi connectivity index (χ1) is 15.2. The molecule has 1 aliphatic rings. The van der Waals surface area contributed by atoms with E-state index in [1.165, 1.54) is 11.1 Å². The molecule has 4 aromatic rings. The molecule has 0 radical (unpaired) electrons. The van der Waals surface area contributed by atoms with Gasteiger partial charge in [0.2, 0.25) is 0 Å². The minimum Gasteiger partial charge on any atom is -0.344 e. The predicted molar refractivity (Wildman–Crippen MR) is 133 cm³/mol. The Morgan fingerprint density at radius 1 is 0.469 bits per heavy atom. The van der Waals surface area contributed by atoms with Crippen LogP contribution in [0.3, 0.4) is 0 Å². The molecule has 5 rings (SSSR count). The van der Waals surface area contributed by atoms with Crippen LogP contribution < -0.4 is 22.9 Å². The third-order valence-corrected chi connectivity index (χ3v) is 5.66. The largest absolute Gasteiger partial charge is 0.344 e. The molecule has 4 atom stereocenters. The van der Waals surface area contributed by atoms with Gasteiger partial charge in [-0.3, -0.25) is 5.32 Å². The Bertz CT molecular complexity index is 953. The molecule has 1 saturated heterocycles. The maximum atomic E-state index is 6.15. The zero-order chi connectivity index (χ0) is 21.5. The smallest absolute Gasteiger partial charge is 0.0523 e. The monoisotopic (exact) mass is 424 g/mol. The van der Waals surface area contributed by atoms with Gasteiger partial charge in [0, 0.05) is 12.1 Å². The standard InChI is InChI=1S/C14H16N2.C14H13N.H3N/c15-13(11-7-3-1-4-8-11)14(16)12-9-5-2-6-10-12;1-3-7-11(8-4-1)13-14(15-13)12-9-5-2-6-10-12;/h1-10,13-14H,15-16H2;1-10,13-15H;1H3/t13-,14-;;/m1../s1. The zero-order valence-corrected chi connectivity index (χ0v) is 18.2. The van der Waals surface area contributed by atoms with Crippen LogP contribution in [-0.4, -0.2) is 0 Å². The maximum absolute atomic E-state index is 6.15. The molecule has 0 saturated carbocycles. The molecular formula is C28H32N4. The maximum Gasteiger partial charge on any atom is 0.0523 e. The fraction of sp³-hybridized carbons (Fsp3) is 0.143. The fourth-order valence-corrected chi connectivity index (χ4v) is 3.80. The van der Waals surface area contributed by atoms with Gasteiger partial charge in [-0.15, -0.1) is 0 Å². The summed E-state index contributed by atoms with van der Waals surface area (Å²) in [4.78, 5) is 0. The van der Waals surface area contributed by atoms with Crippen LogP contribution in [0.1, 0.15) is 46.4 Å². The molecular weight excluding hydrogens is 392 g/mol. The second-order valence-electron chi connectivity index (χ2n) is 7.82. The molecule has 1 heterocycles. The van der Waals surface area contributed by atoms with Gasteiger partial charge in [-0.1, -0.05) is 121 Å². The summed E-state index contributed by atoms with van der Waals surface area (Å²) in [6, 6.07) is 41.8. The van der Waals surface area contributed by atoms with Crippen LogP contribution in [0.15, 0.2) is 121 Å². The van der Waals surface area contributed by atoms with Crippen LogP contribution >= 0.6 is 0 Å². The van der Waals surface area contributed by atoms with Crippen LogP contribution in [0, 0.1) is 0 Å². The molecule has 0 spiro atoms. The second-order valence-corrected chi connectivity index (χ2v) is 7.82. The lowest BCUT2D eigenvalue weighted by Crippen LogP contribution is -2.26. The van der Waals surface area contributed by atoms with E-state index in [0.29, 0.717) is 12.1 Å². The number of hydrogen-bond donors (Lipinski definition) is 4. The van der Waals surface area contributed by atoms with Crippen molar-refractivity contribution >= 4 is 0 Å². The van der Waals surface area contributed by atoms with Gasteiger partial charge in [0.05, 0.1) is 12.1 Å². The average molecular weight is 425 g/mol. The van der Waals surface area contributed by atoms with Crippen LogP contribution in [0.4, 0.5) is 0 Å². The van der Waals surface area contributed by atoms with E-state index in [4.69, 9.17) is 11.5 Å². The minimum absolute atomic E-state index is 0. The fourth-order valence-electron chi connectivity index (χ4n) is 3.80. The summed E-state index contributed by atoms with van der Waals surface area (Å²) in [6.45, 7) is 0. The molecule has 4 aromatic carbocycles. The van der Waals surface area contributed by atoms with Crippen molar-refractivity contribution in [3.8, 4) is 0 Å². The van der Waals surface area contributed by atoms with Crippen molar-refractivity contribution in [2.45, 2.75) is 24.2 Å². The summed E-state index contributed by atoms with van der Waals surface area (Å²) in [7, 11) is 0. The van der Waals surface area contributed by atoms with Crippen molar-refractivity contribution in [3.63, 3.8) is 0 Å². The third-order valence-electron chi connectivity index (χ3n) is 5.66. The van der Waals surface area contributed by atoms with Crippen molar-refractivity contribution in [2.24, 2.45) is 11.5 Å². The summed E-state index contributed by atoms with van der Waals surface area (Å²) in [5.41, 5.74) is 17.2. The van der Waals surface area contributed by atoms with E-state index >= 15 is 0 Å². The van der Waals surface area contributed by atoms with Crippen molar-refractivity contribution in [2.75, 3.05) is 0 Å². The zero-order valence-electron chi connectivity index (χ0n) is 18.2.